The van der Waals surface area contributed by atoms with Crippen LogP contribution in [0.15, 0.2) is 59.6 Å². The first-order valence-corrected chi connectivity index (χ1v) is 10.8. The minimum atomic E-state index is 0.563. The topological polar surface area (TPSA) is 70.4 Å². The lowest BCUT2D eigenvalue weighted by atomic mass is 10.2. The number of nitrogens with one attached hydrogen (secondary N) is 2. The average molecular weight is 420 g/mol. The molecule has 0 amide bonds. The molecule has 3 aromatic rings. The van der Waals surface area contributed by atoms with E-state index in [0.717, 1.165) is 37.2 Å². The Kier molecular flexibility index (Phi) is 8.04. The number of nitrogens with zero attached hydrogens (tertiary/aromatic N) is 5. The quantitative estimate of drug-likeness (QED) is 0.412. The van der Waals surface area contributed by atoms with Gasteiger partial charge in [0, 0.05) is 32.4 Å². The summed E-state index contributed by atoms with van der Waals surface area (Å²) >= 11 is 0. The van der Waals surface area contributed by atoms with E-state index in [4.69, 9.17) is 4.99 Å². The van der Waals surface area contributed by atoms with Crippen molar-refractivity contribution < 1.29 is 0 Å². The Morgan fingerprint density at radius 3 is 2.52 bits per heavy atom. The Hall–Kier alpha value is -3.35. The SMILES string of the molecule is CCN(CCNC(=NCc1ccccc1)NCc1nnc(C)n1C)c1cccc(C)c1. The second kappa shape index (κ2) is 11.2. The highest BCUT2D eigenvalue weighted by Gasteiger charge is 2.08. The Bertz CT molecular complexity index is 979. The van der Waals surface area contributed by atoms with E-state index in [0.29, 0.717) is 13.1 Å². The van der Waals surface area contributed by atoms with Crippen LogP contribution in [0.25, 0.3) is 0 Å². The van der Waals surface area contributed by atoms with E-state index in [1.54, 1.807) is 0 Å². The molecule has 0 saturated heterocycles. The van der Waals surface area contributed by atoms with Crippen molar-refractivity contribution in [2.75, 3.05) is 24.5 Å². The number of benzene rings is 2. The Morgan fingerprint density at radius 2 is 1.84 bits per heavy atom. The maximum atomic E-state index is 4.77. The van der Waals surface area contributed by atoms with Crippen LogP contribution in [0.5, 0.6) is 0 Å². The monoisotopic (exact) mass is 419 g/mol. The van der Waals surface area contributed by atoms with Gasteiger partial charge in [-0.2, -0.15) is 0 Å². The van der Waals surface area contributed by atoms with Crippen molar-refractivity contribution in [1.82, 2.24) is 25.4 Å². The van der Waals surface area contributed by atoms with Gasteiger partial charge in [0.1, 0.15) is 5.82 Å². The van der Waals surface area contributed by atoms with E-state index in [1.807, 2.05) is 36.7 Å². The number of aromatic nitrogens is 3. The van der Waals surface area contributed by atoms with Crippen LogP contribution in [-0.2, 0) is 20.1 Å². The number of guanidine groups is 1. The summed E-state index contributed by atoms with van der Waals surface area (Å²) in [6, 6.07) is 18.9. The van der Waals surface area contributed by atoms with Crippen molar-refractivity contribution in [2.45, 2.75) is 33.9 Å². The molecule has 0 atom stereocenters. The number of aryl methyl sites for hydroxylation is 2. The summed E-state index contributed by atoms with van der Waals surface area (Å²) in [6.45, 7) is 10.0. The molecule has 164 valence electrons. The van der Waals surface area contributed by atoms with Crippen LogP contribution in [0.3, 0.4) is 0 Å². The van der Waals surface area contributed by atoms with Crippen molar-refractivity contribution in [3.63, 3.8) is 0 Å². The molecule has 3 rings (SSSR count). The average Bonchev–Trinajstić information content (AvgIpc) is 3.11. The Labute approximate surface area is 185 Å². The minimum Gasteiger partial charge on any atom is -0.370 e. The molecule has 0 radical (unpaired) electrons. The van der Waals surface area contributed by atoms with Crippen LogP contribution in [-0.4, -0.2) is 40.4 Å². The zero-order chi connectivity index (χ0) is 22.1. The molecule has 0 aliphatic rings. The maximum Gasteiger partial charge on any atom is 0.192 e. The molecule has 0 bridgehead atoms. The zero-order valence-electron chi connectivity index (χ0n) is 19.0. The number of hydrogen-bond donors (Lipinski definition) is 2. The van der Waals surface area contributed by atoms with E-state index in [-0.39, 0.29) is 0 Å². The molecule has 1 aromatic heterocycles. The normalized spacial score (nSPS) is 11.4. The molecule has 2 N–H and O–H groups in total. The molecule has 1 heterocycles. The second-order valence-corrected chi connectivity index (χ2v) is 7.57. The van der Waals surface area contributed by atoms with Gasteiger partial charge in [0.05, 0.1) is 13.1 Å². The molecule has 0 unspecified atom stereocenters. The van der Waals surface area contributed by atoms with E-state index in [9.17, 15) is 0 Å². The van der Waals surface area contributed by atoms with Gasteiger partial charge in [0.25, 0.3) is 0 Å². The van der Waals surface area contributed by atoms with Crippen molar-refractivity contribution in [3.05, 3.63) is 77.4 Å². The smallest absolute Gasteiger partial charge is 0.192 e. The molecule has 2 aromatic carbocycles. The maximum absolute atomic E-state index is 4.77. The standard InChI is InChI=1S/C24H33N7/c1-5-31(22-13-9-10-19(2)16-22)15-14-25-24(26-17-21-11-7-6-8-12-21)27-18-23-29-28-20(3)30(23)4/h6-13,16H,5,14-15,17-18H2,1-4H3,(H2,25,26,27). The fraction of sp³-hybridized carbons (Fsp3) is 0.375. The minimum absolute atomic E-state index is 0.563. The molecule has 7 nitrogen and oxygen atoms in total. The summed E-state index contributed by atoms with van der Waals surface area (Å²) in [5, 5.41) is 15.2. The van der Waals surface area contributed by atoms with E-state index in [1.165, 1.54) is 16.8 Å². The van der Waals surface area contributed by atoms with Gasteiger partial charge in [-0.1, -0.05) is 42.5 Å². The highest BCUT2D eigenvalue weighted by atomic mass is 15.3. The first-order valence-electron chi connectivity index (χ1n) is 10.8. The summed E-state index contributed by atoms with van der Waals surface area (Å²) in [5.41, 5.74) is 3.69. The Balaban J connectivity index is 1.63. The third kappa shape index (κ3) is 6.57. The number of hydrogen-bond acceptors (Lipinski definition) is 4. The first-order chi connectivity index (χ1) is 15.1. The summed E-state index contributed by atoms with van der Waals surface area (Å²) in [5.74, 6) is 2.54. The lowest BCUT2D eigenvalue weighted by molar-refractivity contribution is 0.705. The predicted octanol–water partition coefficient (Wildman–Crippen LogP) is 3.19. The molecule has 0 aliphatic heterocycles. The fourth-order valence-electron chi connectivity index (χ4n) is 3.30. The van der Waals surface area contributed by atoms with Crippen LogP contribution < -0.4 is 15.5 Å². The van der Waals surface area contributed by atoms with Crippen molar-refractivity contribution in [2.24, 2.45) is 12.0 Å². The molecule has 0 saturated carbocycles. The van der Waals surface area contributed by atoms with Crippen LogP contribution in [0.2, 0.25) is 0 Å². The predicted molar refractivity (Wildman–Crippen MR) is 127 cm³/mol. The highest BCUT2D eigenvalue weighted by molar-refractivity contribution is 5.79. The highest BCUT2D eigenvalue weighted by Crippen LogP contribution is 2.15. The van der Waals surface area contributed by atoms with Gasteiger partial charge in [-0.3, -0.25) is 0 Å². The van der Waals surface area contributed by atoms with Gasteiger partial charge in [0.2, 0.25) is 0 Å². The summed E-state index contributed by atoms with van der Waals surface area (Å²) in [6.07, 6.45) is 0. The second-order valence-electron chi connectivity index (χ2n) is 7.57. The number of anilines is 1. The van der Waals surface area contributed by atoms with Gasteiger partial charge in [0.15, 0.2) is 11.8 Å². The molecule has 0 spiro atoms. The van der Waals surface area contributed by atoms with E-state index >= 15 is 0 Å². The van der Waals surface area contributed by atoms with Crippen LogP contribution >= 0.6 is 0 Å². The van der Waals surface area contributed by atoms with Crippen LogP contribution in [0, 0.1) is 13.8 Å². The van der Waals surface area contributed by atoms with Gasteiger partial charge in [-0.25, -0.2) is 4.99 Å². The summed E-state index contributed by atoms with van der Waals surface area (Å²) in [7, 11) is 1.97. The third-order valence-corrected chi connectivity index (χ3v) is 5.28. The lowest BCUT2D eigenvalue weighted by Gasteiger charge is -2.24. The largest absolute Gasteiger partial charge is 0.370 e. The van der Waals surface area contributed by atoms with Gasteiger partial charge in [-0.15, -0.1) is 10.2 Å². The van der Waals surface area contributed by atoms with Gasteiger partial charge >= 0.3 is 0 Å². The Morgan fingerprint density at radius 1 is 1.03 bits per heavy atom. The molecular formula is C24H33N7. The number of likely N-dealkylation sites (N-methyl/N-ethyl adjacent to an activating group) is 1. The molecular weight excluding hydrogens is 386 g/mol. The van der Waals surface area contributed by atoms with Crippen molar-refractivity contribution in [3.8, 4) is 0 Å². The molecule has 31 heavy (non-hydrogen) atoms. The summed E-state index contributed by atoms with van der Waals surface area (Å²) in [4.78, 5) is 7.14. The molecule has 0 aliphatic carbocycles. The zero-order valence-corrected chi connectivity index (χ0v) is 19.0. The third-order valence-electron chi connectivity index (χ3n) is 5.28. The van der Waals surface area contributed by atoms with E-state index < -0.39 is 0 Å². The number of rotatable bonds is 9. The van der Waals surface area contributed by atoms with Crippen molar-refractivity contribution in [1.29, 1.82) is 0 Å². The lowest BCUT2D eigenvalue weighted by Crippen LogP contribution is -2.41. The van der Waals surface area contributed by atoms with E-state index in [2.05, 4.69) is 76.0 Å². The molecule has 0 fully saturated rings. The fourth-order valence-corrected chi connectivity index (χ4v) is 3.30. The van der Waals surface area contributed by atoms with Gasteiger partial charge < -0.3 is 20.1 Å². The van der Waals surface area contributed by atoms with Gasteiger partial charge in [-0.05, 0) is 44.0 Å². The first kappa shape index (κ1) is 22.3. The van der Waals surface area contributed by atoms with Crippen molar-refractivity contribution >= 4 is 11.6 Å². The van der Waals surface area contributed by atoms with Crippen LogP contribution in [0.4, 0.5) is 5.69 Å². The summed E-state index contributed by atoms with van der Waals surface area (Å²) < 4.78 is 1.98. The van der Waals surface area contributed by atoms with Crippen LogP contribution in [0.1, 0.15) is 29.7 Å². The number of aliphatic imine (C=N–C) groups is 1. The molecule has 7 heteroatoms.